The van der Waals surface area contributed by atoms with Crippen LogP contribution in [0.1, 0.15) is 25.3 Å². The molecule has 1 heterocycles. The number of benzene rings is 1. The van der Waals surface area contributed by atoms with Crippen molar-refractivity contribution in [2.75, 3.05) is 0 Å². The Morgan fingerprint density at radius 3 is 2.85 bits per heavy atom. The number of nitrogens with two attached hydrogens (primary N) is 1. The van der Waals surface area contributed by atoms with Gasteiger partial charge >= 0.3 is 0 Å². The predicted molar refractivity (Wildman–Crippen MR) is 78.3 cm³/mol. The van der Waals surface area contributed by atoms with Crippen LogP contribution in [0.3, 0.4) is 0 Å². The van der Waals surface area contributed by atoms with Crippen LogP contribution in [0.5, 0.6) is 0 Å². The zero-order valence-corrected chi connectivity index (χ0v) is 11.6. The lowest BCUT2D eigenvalue weighted by molar-refractivity contribution is -0.121. The van der Waals surface area contributed by atoms with E-state index in [1.807, 2.05) is 43.5 Å². The molecule has 0 fully saturated rings. The summed E-state index contributed by atoms with van der Waals surface area (Å²) in [5, 5.41) is 7.16. The van der Waals surface area contributed by atoms with Gasteiger partial charge in [-0.2, -0.15) is 5.10 Å². The molecule has 106 valence electrons. The molecule has 0 saturated carbocycles. The minimum Gasteiger partial charge on any atom is -0.352 e. The van der Waals surface area contributed by atoms with Crippen LogP contribution in [0.15, 0.2) is 42.7 Å². The van der Waals surface area contributed by atoms with E-state index in [1.165, 1.54) is 0 Å². The van der Waals surface area contributed by atoms with Crippen LogP contribution in [0.25, 0.3) is 5.69 Å². The summed E-state index contributed by atoms with van der Waals surface area (Å²) in [5.41, 5.74) is 7.60. The molecule has 1 aromatic heterocycles. The number of nitrogens with zero attached hydrogens (tertiary/aromatic N) is 2. The molecule has 1 atom stereocenters. The SMILES string of the molecule is CC(N)CCC(=O)NCc1cnn(-c2ccccc2)c1. The van der Waals surface area contributed by atoms with Gasteiger partial charge in [0.2, 0.25) is 5.91 Å². The molecule has 0 aliphatic heterocycles. The fourth-order valence-electron chi connectivity index (χ4n) is 1.82. The molecular formula is C15H20N4O. The second kappa shape index (κ2) is 6.86. The van der Waals surface area contributed by atoms with Gasteiger partial charge in [-0.15, -0.1) is 0 Å². The molecule has 1 unspecified atom stereocenters. The van der Waals surface area contributed by atoms with Gasteiger partial charge in [-0.05, 0) is 25.5 Å². The van der Waals surface area contributed by atoms with Gasteiger partial charge in [0.1, 0.15) is 0 Å². The second-order valence-corrected chi connectivity index (χ2v) is 4.92. The first kappa shape index (κ1) is 14.3. The Hall–Kier alpha value is -2.14. The van der Waals surface area contributed by atoms with Gasteiger partial charge in [0.05, 0.1) is 11.9 Å². The van der Waals surface area contributed by atoms with Crippen LogP contribution in [0, 0.1) is 0 Å². The lowest BCUT2D eigenvalue weighted by Gasteiger charge is -2.05. The first-order valence-corrected chi connectivity index (χ1v) is 6.76. The molecule has 5 nitrogen and oxygen atoms in total. The summed E-state index contributed by atoms with van der Waals surface area (Å²) in [6.07, 6.45) is 4.85. The lowest BCUT2D eigenvalue weighted by atomic mass is 10.2. The Morgan fingerprint density at radius 2 is 2.15 bits per heavy atom. The first-order valence-electron chi connectivity index (χ1n) is 6.76. The zero-order chi connectivity index (χ0) is 14.4. The number of para-hydroxylation sites is 1. The smallest absolute Gasteiger partial charge is 0.220 e. The standard InChI is InChI=1S/C15H20N4O/c1-12(16)7-8-15(20)17-9-13-10-18-19(11-13)14-5-3-2-4-6-14/h2-6,10-12H,7-9,16H2,1H3,(H,17,20). The number of carbonyl (C=O) groups is 1. The molecule has 5 heteroatoms. The van der Waals surface area contributed by atoms with Gasteiger partial charge in [-0.1, -0.05) is 18.2 Å². The number of amides is 1. The molecule has 0 saturated heterocycles. The fourth-order valence-corrected chi connectivity index (χ4v) is 1.82. The highest BCUT2D eigenvalue weighted by atomic mass is 16.1. The lowest BCUT2D eigenvalue weighted by Crippen LogP contribution is -2.25. The molecule has 1 aromatic carbocycles. The highest BCUT2D eigenvalue weighted by Gasteiger charge is 2.05. The van der Waals surface area contributed by atoms with Crippen LogP contribution >= 0.6 is 0 Å². The number of hydrogen-bond donors (Lipinski definition) is 2. The summed E-state index contributed by atoms with van der Waals surface area (Å²) < 4.78 is 1.80. The number of aromatic nitrogens is 2. The maximum atomic E-state index is 11.6. The Bertz CT molecular complexity index is 548. The molecule has 2 aromatic rings. The zero-order valence-electron chi connectivity index (χ0n) is 11.6. The van der Waals surface area contributed by atoms with Gasteiger partial charge in [0.25, 0.3) is 0 Å². The predicted octanol–water partition coefficient (Wildman–Crippen LogP) is 1.62. The molecule has 3 N–H and O–H groups in total. The maximum absolute atomic E-state index is 11.6. The largest absolute Gasteiger partial charge is 0.352 e. The third-order valence-electron chi connectivity index (χ3n) is 2.97. The van der Waals surface area contributed by atoms with Gasteiger partial charge in [0.15, 0.2) is 0 Å². The van der Waals surface area contributed by atoms with Crippen molar-refractivity contribution in [2.45, 2.75) is 32.4 Å². The average molecular weight is 272 g/mol. The fraction of sp³-hybridized carbons (Fsp3) is 0.333. The summed E-state index contributed by atoms with van der Waals surface area (Å²) in [7, 11) is 0. The van der Waals surface area contributed by atoms with Crippen molar-refractivity contribution < 1.29 is 4.79 Å². The topological polar surface area (TPSA) is 72.9 Å². The Balaban J connectivity index is 1.86. The van der Waals surface area contributed by atoms with E-state index < -0.39 is 0 Å². The molecule has 0 spiro atoms. The molecule has 0 radical (unpaired) electrons. The first-order chi connectivity index (χ1) is 9.65. The minimum atomic E-state index is 0.0229. The number of carbonyl (C=O) groups excluding carboxylic acids is 1. The van der Waals surface area contributed by atoms with E-state index in [4.69, 9.17) is 5.73 Å². The number of hydrogen-bond acceptors (Lipinski definition) is 3. The normalized spacial score (nSPS) is 12.1. The van der Waals surface area contributed by atoms with Crippen LogP contribution < -0.4 is 11.1 Å². The van der Waals surface area contributed by atoms with Crippen LogP contribution in [0.2, 0.25) is 0 Å². The third kappa shape index (κ3) is 4.20. The van der Waals surface area contributed by atoms with Crippen LogP contribution in [0.4, 0.5) is 0 Å². The monoisotopic (exact) mass is 272 g/mol. The Kier molecular flexibility index (Phi) is 4.90. The highest BCUT2D eigenvalue weighted by Crippen LogP contribution is 2.07. The van der Waals surface area contributed by atoms with Crippen molar-refractivity contribution in [1.82, 2.24) is 15.1 Å². The van der Waals surface area contributed by atoms with E-state index in [0.29, 0.717) is 19.4 Å². The van der Waals surface area contributed by atoms with Gasteiger partial charge < -0.3 is 11.1 Å². The van der Waals surface area contributed by atoms with Crippen molar-refractivity contribution in [3.63, 3.8) is 0 Å². The highest BCUT2D eigenvalue weighted by molar-refractivity contribution is 5.75. The van der Waals surface area contributed by atoms with Gasteiger partial charge in [-0.3, -0.25) is 4.79 Å². The maximum Gasteiger partial charge on any atom is 0.220 e. The number of nitrogens with one attached hydrogen (secondary N) is 1. The molecule has 2 rings (SSSR count). The molecular weight excluding hydrogens is 252 g/mol. The molecule has 0 aliphatic rings. The van der Waals surface area contributed by atoms with Crippen LogP contribution in [-0.4, -0.2) is 21.7 Å². The average Bonchev–Trinajstić information content (AvgIpc) is 2.93. The van der Waals surface area contributed by atoms with E-state index >= 15 is 0 Å². The number of rotatable bonds is 6. The van der Waals surface area contributed by atoms with Crippen molar-refractivity contribution in [3.05, 3.63) is 48.3 Å². The van der Waals surface area contributed by atoms with E-state index in [9.17, 15) is 4.79 Å². The van der Waals surface area contributed by atoms with Gasteiger partial charge in [0, 0.05) is 30.8 Å². The van der Waals surface area contributed by atoms with E-state index in [1.54, 1.807) is 10.9 Å². The molecule has 1 amide bonds. The Labute approximate surface area is 118 Å². The van der Waals surface area contributed by atoms with Crippen molar-refractivity contribution in [3.8, 4) is 5.69 Å². The summed E-state index contributed by atoms with van der Waals surface area (Å²) in [6.45, 7) is 2.39. The Morgan fingerprint density at radius 1 is 1.40 bits per heavy atom. The van der Waals surface area contributed by atoms with Crippen molar-refractivity contribution >= 4 is 5.91 Å². The molecule has 0 aliphatic carbocycles. The van der Waals surface area contributed by atoms with E-state index in [0.717, 1.165) is 11.3 Å². The minimum absolute atomic E-state index is 0.0229. The van der Waals surface area contributed by atoms with E-state index in [2.05, 4.69) is 10.4 Å². The summed E-state index contributed by atoms with van der Waals surface area (Å²) in [6, 6.07) is 9.92. The van der Waals surface area contributed by atoms with Crippen molar-refractivity contribution in [1.29, 1.82) is 0 Å². The van der Waals surface area contributed by atoms with Gasteiger partial charge in [-0.25, -0.2) is 4.68 Å². The van der Waals surface area contributed by atoms with E-state index in [-0.39, 0.29) is 11.9 Å². The van der Waals surface area contributed by atoms with Crippen LogP contribution in [-0.2, 0) is 11.3 Å². The summed E-state index contributed by atoms with van der Waals surface area (Å²) >= 11 is 0. The summed E-state index contributed by atoms with van der Waals surface area (Å²) in [5.74, 6) is 0.0229. The molecule has 0 bridgehead atoms. The third-order valence-corrected chi connectivity index (χ3v) is 2.97. The van der Waals surface area contributed by atoms with Crippen molar-refractivity contribution in [2.24, 2.45) is 5.73 Å². The molecule has 20 heavy (non-hydrogen) atoms. The second-order valence-electron chi connectivity index (χ2n) is 4.92. The quantitative estimate of drug-likeness (QED) is 0.839. The summed E-state index contributed by atoms with van der Waals surface area (Å²) in [4.78, 5) is 11.6.